The lowest BCUT2D eigenvalue weighted by atomic mass is 10.1. The number of benzene rings is 1. The van der Waals surface area contributed by atoms with Crippen molar-refractivity contribution in [3.8, 4) is 0 Å². The van der Waals surface area contributed by atoms with Crippen molar-refractivity contribution >= 4 is 16.8 Å². The lowest BCUT2D eigenvalue weighted by molar-refractivity contribution is 0.0950. The fraction of sp³-hybridized carbons (Fsp3) is 0.316. The maximum absolute atomic E-state index is 12.4. The summed E-state index contributed by atoms with van der Waals surface area (Å²) in [7, 11) is 0. The normalized spacial score (nSPS) is 11.2. The van der Waals surface area contributed by atoms with Crippen LogP contribution >= 0.6 is 0 Å². The molecule has 0 aliphatic heterocycles. The molecule has 2 N–H and O–H groups in total. The average Bonchev–Trinajstić information content (AvgIpc) is 2.93. The summed E-state index contributed by atoms with van der Waals surface area (Å²) in [6, 6.07) is 7.02. The standard InChI is InChI=1S/C19H22N4O2/c1-12(2)11-23-13(3)16(10-22-23)19(25)21-9-14-4-5-15-17(8-14)20-7-6-18(15)24/h4-8,10,12H,9,11H2,1-3H3,(H,20,24)(H,21,25). The number of amides is 1. The van der Waals surface area contributed by atoms with Crippen LogP contribution in [0, 0.1) is 12.8 Å². The van der Waals surface area contributed by atoms with Crippen LogP contribution in [0.5, 0.6) is 0 Å². The third-order valence-electron chi connectivity index (χ3n) is 4.16. The van der Waals surface area contributed by atoms with Crippen LogP contribution in [0.25, 0.3) is 10.9 Å². The number of pyridine rings is 1. The summed E-state index contributed by atoms with van der Waals surface area (Å²) >= 11 is 0. The summed E-state index contributed by atoms with van der Waals surface area (Å²) in [5.41, 5.74) is 3.14. The summed E-state index contributed by atoms with van der Waals surface area (Å²) in [5.74, 6) is 0.323. The third-order valence-corrected chi connectivity index (χ3v) is 4.16. The van der Waals surface area contributed by atoms with Gasteiger partial charge >= 0.3 is 0 Å². The zero-order valence-electron chi connectivity index (χ0n) is 14.7. The van der Waals surface area contributed by atoms with Crippen molar-refractivity contribution in [3.63, 3.8) is 0 Å². The van der Waals surface area contributed by atoms with Gasteiger partial charge in [-0.3, -0.25) is 14.3 Å². The van der Waals surface area contributed by atoms with E-state index in [1.807, 2.05) is 23.7 Å². The van der Waals surface area contributed by atoms with Crippen LogP contribution in [-0.2, 0) is 13.1 Å². The van der Waals surface area contributed by atoms with Crippen LogP contribution in [0.3, 0.4) is 0 Å². The van der Waals surface area contributed by atoms with E-state index in [0.29, 0.717) is 23.4 Å². The first-order valence-electron chi connectivity index (χ1n) is 8.36. The smallest absolute Gasteiger partial charge is 0.255 e. The van der Waals surface area contributed by atoms with Gasteiger partial charge in [-0.2, -0.15) is 5.10 Å². The molecular weight excluding hydrogens is 316 g/mol. The number of nitrogens with one attached hydrogen (secondary N) is 2. The number of carbonyl (C=O) groups excluding carboxylic acids is 1. The molecule has 130 valence electrons. The highest BCUT2D eigenvalue weighted by atomic mass is 16.1. The van der Waals surface area contributed by atoms with Gasteiger partial charge in [-0.1, -0.05) is 19.9 Å². The Hall–Kier alpha value is -2.89. The van der Waals surface area contributed by atoms with E-state index in [0.717, 1.165) is 23.3 Å². The van der Waals surface area contributed by atoms with Gasteiger partial charge < -0.3 is 10.3 Å². The predicted octanol–water partition coefficient (Wildman–Crippen LogP) is 2.62. The number of aromatic amines is 1. The van der Waals surface area contributed by atoms with Gasteiger partial charge in [-0.25, -0.2) is 0 Å². The molecule has 1 amide bonds. The van der Waals surface area contributed by atoms with Gasteiger partial charge in [0.2, 0.25) is 0 Å². The van der Waals surface area contributed by atoms with E-state index in [1.165, 1.54) is 6.07 Å². The summed E-state index contributed by atoms with van der Waals surface area (Å²) in [6.07, 6.45) is 3.24. The second-order valence-corrected chi connectivity index (χ2v) is 6.62. The molecule has 6 nitrogen and oxygen atoms in total. The lowest BCUT2D eigenvalue weighted by Gasteiger charge is -2.09. The van der Waals surface area contributed by atoms with Crippen LogP contribution in [0.15, 0.2) is 41.5 Å². The fourth-order valence-electron chi connectivity index (χ4n) is 2.81. The Morgan fingerprint density at radius 3 is 2.88 bits per heavy atom. The zero-order valence-corrected chi connectivity index (χ0v) is 14.7. The highest BCUT2D eigenvalue weighted by Crippen LogP contribution is 2.12. The Bertz CT molecular complexity index is 969. The molecule has 0 spiro atoms. The molecule has 0 aliphatic carbocycles. The number of aromatic nitrogens is 3. The molecule has 0 saturated heterocycles. The molecule has 3 aromatic rings. The van der Waals surface area contributed by atoms with E-state index in [4.69, 9.17) is 0 Å². The van der Waals surface area contributed by atoms with Gasteiger partial charge in [0.25, 0.3) is 5.91 Å². The van der Waals surface area contributed by atoms with Gasteiger partial charge in [-0.15, -0.1) is 0 Å². The molecular formula is C19H22N4O2. The van der Waals surface area contributed by atoms with E-state index in [9.17, 15) is 9.59 Å². The van der Waals surface area contributed by atoms with Crippen molar-refractivity contribution in [2.45, 2.75) is 33.9 Å². The number of hydrogen-bond acceptors (Lipinski definition) is 3. The molecule has 0 atom stereocenters. The second-order valence-electron chi connectivity index (χ2n) is 6.62. The highest BCUT2D eigenvalue weighted by Gasteiger charge is 2.14. The summed E-state index contributed by atoms with van der Waals surface area (Å²) in [4.78, 5) is 27.2. The molecule has 0 fully saturated rings. The SMILES string of the molecule is Cc1c(C(=O)NCc2ccc3c(=O)cc[nH]c3c2)cnn1CC(C)C. The van der Waals surface area contributed by atoms with Crippen molar-refractivity contribution in [1.82, 2.24) is 20.1 Å². The first kappa shape index (κ1) is 17.0. The van der Waals surface area contributed by atoms with Gasteiger partial charge in [0, 0.05) is 41.9 Å². The summed E-state index contributed by atoms with van der Waals surface area (Å²) in [5, 5.41) is 7.86. The maximum Gasteiger partial charge on any atom is 0.255 e. The Morgan fingerprint density at radius 1 is 1.32 bits per heavy atom. The molecule has 0 aliphatic rings. The number of carbonyl (C=O) groups is 1. The van der Waals surface area contributed by atoms with Gasteiger partial charge in [-0.05, 0) is 30.5 Å². The van der Waals surface area contributed by atoms with E-state index in [2.05, 4.69) is 29.2 Å². The van der Waals surface area contributed by atoms with Gasteiger partial charge in [0.05, 0.1) is 11.8 Å². The minimum Gasteiger partial charge on any atom is -0.361 e. The van der Waals surface area contributed by atoms with E-state index < -0.39 is 0 Å². The number of H-pyrrole nitrogens is 1. The number of nitrogens with zero attached hydrogens (tertiary/aromatic N) is 2. The fourth-order valence-corrected chi connectivity index (χ4v) is 2.81. The summed E-state index contributed by atoms with van der Waals surface area (Å²) in [6.45, 7) is 7.32. The monoisotopic (exact) mass is 338 g/mol. The maximum atomic E-state index is 12.4. The zero-order chi connectivity index (χ0) is 18.0. The first-order valence-corrected chi connectivity index (χ1v) is 8.36. The Labute approximate surface area is 145 Å². The molecule has 0 radical (unpaired) electrons. The van der Waals surface area contributed by atoms with Crippen LogP contribution in [0.1, 0.15) is 35.5 Å². The molecule has 6 heteroatoms. The van der Waals surface area contributed by atoms with E-state index in [1.54, 1.807) is 18.5 Å². The number of fused-ring (bicyclic) bond motifs is 1. The lowest BCUT2D eigenvalue weighted by Crippen LogP contribution is -2.23. The average molecular weight is 338 g/mol. The molecule has 2 aromatic heterocycles. The summed E-state index contributed by atoms with van der Waals surface area (Å²) < 4.78 is 1.86. The van der Waals surface area contributed by atoms with Crippen LogP contribution < -0.4 is 10.7 Å². The highest BCUT2D eigenvalue weighted by molar-refractivity contribution is 5.95. The molecule has 25 heavy (non-hydrogen) atoms. The van der Waals surface area contributed by atoms with Crippen molar-refractivity contribution in [2.24, 2.45) is 5.92 Å². The quantitative estimate of drug-likeness (QED) is 0.750. The minimum absolute atomic E-state index is 0.0162. The van der Waals surface area contributed by atoms with Crippen molar-refractivity contribution in [3.05, 3.63) is 63.7 Å². The Balaban J connectivity index is 1.72. The first-order chi connectivity index (χ1) is 12.0. The van der Waals surface area contributed by atoms with Gasteiger partial charge in [0.15, 0.2) is 5.43 Å². The molecule has 0 saturated carbocycles. The number of hydrogen-bond donors (Lipinski definition) is 2. The second kappa shape index (κ2) is 6.93. The van der Waals surface area contributed by atoms with Crippen molar-refractivity contribution < 1.29 is 4.79 Å². The van der Waals surface area contributed by atoms with Gasteiger partial charge in [0.1, 0.15) is 0 Å². The largest absolute Gasteiger partial charge is 0.361 e. The van der Waals surface area contributed by atoms with E-state index >= 15 is 0 Å². The molecule has 0 bridgehead atoms. The van der Waals surface area contributed by atoms with Crippen molar-refractivity contribution in [2.75, 3.05) is 0 Å². The third kappa shape index (κ3) is 3.63. The topological polar surface area (TPSA) is 79.8 Å². The van der Waals surface area contributed by atoms with Crippen LogP contribution in [0.4, 0.5) is 0 Å². The van der Waals surface area contributed by atoms with Crippen LogP contribution in [0.2, 0.25) is 0 Å². The Morgan fingerprint density at radius 2 is 2.12 bits per heavy atom. The molecule has 0 unspecified atom stereocenters. The molecule has 1 aromatic carbocycles. The predicted molar refractivity (Wildman–Crippen MR) is 97.5 cm³/mol. The van der Waals surface area contributed by atoms with Crippen LogP contribution in [-0.4, -0.2) is 20.7 Å². The molecule has 2 heterocycles. The minimum atomic E-state index is -0.144. The van der Waals surface area contributed by atoms with E-state index in [-0.39, 0.29) is 11.3 Å². The number of rotatable bonds is 5. The van der Waals surface area contributed by atoms with Crippen molar-refractivity contribution in [1.29, 1.82) is 0 Å². The Kier molecular flexibility index (Phi) is 4.70. The molecule has 3 rings (SSSR count).